The average Bonchev–Trinajstić information content (AvgIpc) is 3.54. The zero-order chi connectivity index (χ0) is 38.4. The number of nitrogens with zero attached hydrogens (tertiary/aromatic N) is 3. The second-order valence-corrected chi connectivity index (χ2v) is 26.9. The van der Waals surface area contributed by atoms with Crippen molar-refractivity contribution >= 4 is 28.7 Å². The number of para-hydroxylation sites is 3. The predicted molar refractivity (Wildman–Crippen MR) is 224 cm³/mol. The van der Waals surface area contributed by atoms with Gasteiger partial charge in [0.05, 0.1) is 16.9 Å². The van der Waals surface area contributed by atoms with Gasteiger partial charge in [-0.05, 0) is 53.3 Å². The Labute approximate surface area is 341 Å². The first-order chi connectivity index (χ1) is 25.8. The van der Waals surface area contributed by atoms with Gasteiger partial charge in [-0.3, -0.25) is 4.98 Å². The second-order valence-electron chi connectivity index (χ2n) is 16.3. The van der Waals surface area contributed by atoms with Crippen LogP contribution < -0.4 is 9.13 Å². The van der Waals surface area contributed by atoms with Gasteiger partial charge < -0.3 is 9.30 Å². The fourth-order valence-electron chi connectivity index (χ4n) is 7.33. The molecule has 0 fully saturated rings. The molecular formula is C48H48FGeIrN3O-2. The molecule has 1 aliphatic rings. The number of aromatic nitrogens is 3. The van der Waals surface area contributed by atoms with E-state index in [1.807, 2.05) is 66.9 Å². The summed E-state index contributed by atoms with van der Waals surface area (Å²) in [6, 6.07) is 42.7. The second kappa shape index (κ2) is 16.0. The van der Waals surface area contributed by atoms with Crippen molar-refractivity contribution in [3.8, 4) is 39.8 Å². The molecule has 0 saturated heterocycles. The fraction of sp³-hybridized carbons (Fsp3) is 0.250. The van der Waals surface area contributed by atoms with Crippen LogP contribution in [-0.4, -0.2) is 27.8 Å². The number of ether oxygens (including phenoxy) is 1. The van der Waals surface area contributed by atoms with Crippen molar-refractivity contribution in [1.29, 1.82) is 0 Å². The Kier molecular flexibility index (Phi) is 11.7. The van der Waals surface area contributed by atoms with Gasteiger partial charge in [0.1, 0.15) is 11.6 Å². The van der Waals surface area contributed by atoms with Crippen LogP contribution >= 0.6 is 0 Å². The van der Waals surface area contributed by atoms with E-state index < -0.39 is 13.3 Å². The van der Waals surface area contributed by atoms with Crippen molar-refractivity contribution in [2.24, 2.45) is 0 Å². The van der Waals surface area contributed by atoms with Crippen molar-refractivity contribution in [2.75, 3.05) is 0 Å². The van der Waals surface area contributed by atoms with Crippen LogP contribution in [0.15, 0.2) is 115 Å². The van der Waals surface area contributed by atoms with E-state index in [4.69, 9.17) is 9.72 Å². The molecule has 8 rings (SSSR count). The molecular weight excluding hydrogens is 918 g/mol. The number of fused-ring (bicyclic) bond motifs is 3. The minimum absolute atomic E-state index is 0. The van der Waals surface area contributed by atoms with Crippen LogP contribution in [0.3, 0.4) is 0 Å². The van der Waals surface area contributed by atoms with Crippen molar-refractivity contribution in [3.63, 3.8) is 0 Å². The number of halogens is 1. The molecule has 0 spiro atoms. The molecule has 55 heavy (non-hydrogen) atoms. The monoisotopic (exact) mass is 968 g/mol. The summed E-state index contributed by atoms with van der Waals surface area (Å²) in [5.41, 5.74) is 9.60. The van der Waals surface area contributed by atoms with Gasteiger partial charge in [-0.2, -0.15) is 0 Å². The van der Waals surface area contributed by atoms with Crippen LogP contribution in [0.5, 0.6) is 11.5 Å². The van der Waals surface area contributed by atoms with Crippen molar-refractivity contribution in [2.45, 2.75) is 76.1 Å². The van der Waals surface area contributed by atoms with E-state index in [0.717, 1.165) is 73.1 Å². The Hall–Kier alpha value is -4.36. The summed E-state index contributed by atoms with van der Waals surface area (Å²) in [5, 5.41) is 0. The van der Waals surface area contributed by atoms with Gasteiger partial charge in [0, 0.05) is 42.5 Å². The Bertz CT molecular complexity index is 2420. The molecule has 2 aromatic heterocycles. The zero-order valence-corrected chi connectivity index (χ0v) is 37.6. The number of benzene rings is 5. The Morgan fingerprint density at radius 2 is 1.44 bits per heavy atom. The third kappa shape index (κ3) is 7.87. The van der Waals surface area contributed by atoms with Gasteiger partial charge in [-0.25, -0.2) is 4.39 Å². The summed E-state index contributed by atoms with van der Waals surface area (Å²) in [7, 11) is 0. The minimum atomic E-state index is -1.72. The van der Waals surface area contributed by atoms with Gasteiger partial charge in [0.25, 0.3) is 0 Å². The third-order valence-electron chi connectivity index (χ3n) is 10.4. The molecule has 3 heterocycles. The van der Waals surface area contributed by atoms with Crippen LogP contribution in [0.4, 0.5) is 4.39 Å². The standard InChI is InChI=1S/C34H32FN2O.C14H16GeN.Ir/c1-20(2)24-18-22(35)19-25(21(3)4)31(24)37-29-16-9-8-15-28(29)36-33(37)23-12-11-14-27-32(23)38-30-17-10-7-13-26(30)34(27,5)6;1-15(2,3)13-9-10-14(16-11-13)12-7-5-4-6-8-12;/h7-11,13-21H,1-6H3;4-7,9-11H,1-3H3;/q2*-1;. The van der Waals surface area contributed by atoms with E-state index in [1.165, 1.54) is 4.40 Å². The molecule has 1 radical (unpaired) electrons. The molecule has 0 N–H and O–H groups in total. The van der Waals surface area contributed by atoms with E-state index in [-0.39, 0.29) is 43.2 Å². The number of rotatable bonds is 6. The van der Waals surface area contributed by atoms with Crippen LogP contribution in [0.1, 0.15) is 75.6 Å². The Morgan fingerprint density at radius 1 is 0.764 bits per heavy atom. The summed E-state index contributed by atoms with van der Waals surface area (Å²) in [6.07, 6.45) is 2.04. The molecule has 283 valence electrons. The van der Waals surface area contributed by atoms with Crippen LogP contribution in [-0.2, 0) is 25.5 Å². The normalized spacial score (nSPS) is 13.0. The van der Waals surface area contributed by atoms with Crippen LogP contribution in [0.2, 0.25) is 17.3 Å². The minimum Gasteiger partial charge on any atom is 0 e. The smallest absolute Gasteiger partial charge is 0 e. The van der Waals surface area contributed by atoms with Crippen molar-refractivity contribution < 1.29 is 29.2 Å². The Balaban J connectivity index is 0.000000254. The maximum atomic E-state index is 14.9. The average molecular weight is 967 g/mol. The topological polar surface area (TPSA) is 39.9 Å². The van der Waals surface area contributed by atoms with Crippen LogP contribution in [0.25, 0.3) is 39.4 Å². The van der Waals surface area contributed by atoms with E-state index in [1.54, 1.807) is 12.1 Å². The molecule has 7 heteroatoms. The molecule has 7 aromatic rings. The molecule has 0 aliphatic carbocycles. The third-order valence-corrected chi connectivity index (χ3v) is 14.6. The van der Waals surface area contributed by atoms with E-state index in [2.05, 4.69) is 117 Å². The maximum absolute atomic E-state index is 14.9. The molecule has 4 nitrogen and oxygen atoms in total. The van der Waals surface area contributed by atoms with E-state index in [0.29, 0.717) is 0 Å². The largest absolute Gasteiger partial charge is 0 e. The van der Waals surface area contributed by atoms with Gasteiger partial charge in [-0.1, -0.05) is 83.0 Å². The number of pyridine rings is 1. The summed E-state index contributed by atoms with van der Waals surface area (Å²) in [4.78, 5) is 9.68. The van der Waals surface area contributed by atoms with E-state index >= 15 is 0 Å². The zero-order valence-electron chi connectivity index (χ0n) is 33.1. The molecule has 0 unspecified atom stereocenters. The maximum Gasteiger partial charge on any atom is 0 e. The predicted octanol–water partition coefficient (Wildman–Crippen LogP) is 12.4. The van der Waals surface area contributed by atoms with Gasteiger partial charge in [-0.15, -0.1) is 18.2 Å². The van der Waals surface area contributed by atoms with Crippen molar-refractivity contribution in [3.05, 3.63) is 156 Å². The first-order valence-corrected chi connectivity index (χ1v) is 26.2. The molecule has 0 bridgehead atoms. The number of imidazole rings is 1. The summed E-state index contributed by atoms with van der Waals surface area (Å²) < 4.78 is 25.2. The quantitative estimate of drug-likeness (QED) is 0.123. The van der Waals surface area contributed by atoms with E-state index in [9.17, 15) is 4.39 Å². The molecule has 0 atom stereocenters. The fourth-order valence-corrected chi connectivity index (χ4v) is 9.50. The van der Waals surface area contributed by atoms with Crippen molar-refractivity contribution in [1.82, 2.24) is 14.5 Å². The number of hydrogen-bond donors (Lipinski definition) is 0. The molecule has 5 aromatic carbocycles. The summed E-state index contributed by atoms with van der Waals surface area (Å²) in [5.74, 6) is 9.52. The SMILES string of the molecule is CC(C)c1cc(F)cc(C(C)C)c1-n1c(-c2[c-]ccc3c2Oc2ccccc2C3(C)C)nc2ccccc21.[CH3][Ge]([CH3])([CH3])[c]1ccc(-c2[c-]cccc2)nc1.[Ir]. The van der Waals surface area contributed by atoms with Gasteiger partial charge >= 0.3 is 99.8 Å². The first-order valence-electron chi connectivity index (χ1n) is 18.8. The first kappa shape index (κ1) is 40.3. The summed E-state index contributed by atoms with van der Waals surface area (Å²) >= 11 is -1.72. The Morgan fingerprint density at radius 3 is 2.07 bits per heavy atom. The molecule has 0 amide bonds. The molecule has 0 saturated carbocycles. The van der Waals surface area contributed by atoms with Crippen LogP contribution in [0, 0.1) is 17.9 Å². The van der Waals surface area contributed by atoms with Gasteiger partial charge in [0.15, 0.2) is 0 Å². The number of hydrogen-bond acceptors (Lipinski definition) is 3. The van der Waals surface area contributed by atoms with Gasteiger partial charge in [0.2, 0.25) is 0 Å². The molecule has 1 aliphatic heterocycles. The summed E-state index contributed by atoms with van der Waals surface area (Å²) in [6.45, 7) is 12.9.